The van der Waals surface area contributed by atoms with Crippen LogP contribution in [0.5, 0.6) is 0 Å². The van der Waals surface area contributed by atoms with E-state index in [0.717, 1.165) is 25.9 Å². The van der Waals surface area contributed by atoms with Crippen LogP contribution in [0, 0.1) is 0 Å². The Morgan fingerprint density at radius 3 is 2.65 bits per heavy atom. The SMILES string of the molecule is CCCCOC(=O)NCC(=O)CN1CCCC1. The van der Waals surface area contributed by atoms with E-state index >= 15 is 0 Å². The average molecular weight is 242 g/mol. The van der Waals surface area contributed by atoms with E-state index in [9.17, 15) is 9.59 Å². The molecule has 0 bridgehead atoms. The molecule has 0 spiro atoms. The van der Waals surface area contributed by atoms with E-state index in [1.165, 1.54) is 12.8 Å². The summed E-state index contributed by atoms with van der Waals surface area (Å²) < 4.78 is 4.89. The van der Waals surface area contributed by atoms with Gasteiger partial charge in [-0.1, -0.05) is 13.3 Å². The van der Waals surface area contributed by atoms with Gasteiger partial charge in [-0.2, -0.15) is 0 Å². The third-order valence-corrected chi connectivity index (χ3v) is 2.76. The monoisotopic (exact) mass is 242 g/mol. The molecule has 98 valence electrons. The normalized spacial score (nSPS) is 15.8. The van der Waals surface area contributed by atoms with Gasteiger partial charge in [-0.3, -0.25) is 9.69 Å². The zero-order chi connectivity index (χ0) is 12.5. The lowest BCUT2D eigenvalue weighted by molar-refractivity contribution is -0.119. The maximum atomic E-state index is 11.5. The van der Waals surface area contributed by atoms with Crippen LogP contribution in [0.1, 0.15) is 32.6 Å². The molecule has 0 aromatic heterocycles. The predicted molar refractivity (Wildman–Crippen MR) is 64.9 cm³/mol. The Morgan fingerprint density at radius 1 is 1.29 bits per heavy atom. The summed E-state index contributed by atoms with van der Waals surface area (Å²) in [6, 6.07) is 0. The number of hydrogen-bond acceptors (Lipinski definition) is 4. The summed E-state index contributed by atoms with van der Waals surface area (Å²) in [5.41, 5.74) is 0. The molecule has 0 atom stereocenters. The van der Waals surface area contributed by atoms with E-state index < -0.39 is 6.09 Å². The van der Waals surface area contributed by atoms with Gasteiger partial charge in [0.25, 0.3) is 0 Å². The summed E-state index contributed by atoms with van der Waals surface area (Å²) in [5, 5.41) is 2.48. The highest BCUT2D eigenvalue weighted by molar-refractivity contribution is 5.85. The maximum Gasteiger partial charge on any atom is 0.407 e. The van der Waals surface area contributed by atoms with E-state index in [-0.39, 0.29) is 12.3 Å². The first-order valence-electron chi connectivity index (χ1n) is 6.37. The summed E-state index contributed by atoms with van der Waals surface area (Å²) in [5.74, 6) is 0.0411. The summed E-state index contributed by atoms with van der Waals surface area (Å²) in [6.45, 7) is 4.94. The predicted octanol–water partition coefficient (Wildman–Crippen LogP) is 1.18. The lowest BCUT2D eigenvalue weighted by Crippen LogP contribution is -2.36. The van der Waals surface area contributed by atoms with Gasteiger partial charge >= 0.3 is 6.09 Å². The average Bonchev–Trinajstić information content (AvgIpc) is 2.79. The number of ether oxygens (including phenoxy) is 1. The number of rotatable bonds is 7. The topological polar surface area (TPSA) is 58.6 Å². The maximum absolute atomic E-state index is 11.5. The molecule has 1 saturated heterocycles. The number of hydrogen-bond donors (Lipinski definition) is 1. The van der Waals surface area contributed by atoms with Crippen molar-refractivity contribution in [3.63, 3.8) is 0 Å². The van der Waals surface area contributed by atoms with Crippen LogP contribution >= 0.6 is 0 Å². The van der Waals surface area contributed by atoms with E-state index in [4.69, 9.17) is 4.74 Å². The zero-order valence-electron chi connectivity index (χ0n) is 10.5. The van der Waals surface area contributed by atoms with Gasteiger partial charge in [-0.05, 0) is 32.4 Å². The van der Waals surface area contributed by atoms with Crippen molar-refractivity contribution in [2.75, 3.05) is 32.8 Å². The molecule has 0 unspecified atom stereocenters. The molecule has 1 heterocycles. The molecule has 17 heavy (non-hydrogen) atoms. The number of likely N-dealkylation sites (tertiary alicyclic amines) is 1. The van der Waals surface area contributed by atoms with Crippen molar-refractivity contribution >= 4 is 11.9 Å². The molecule has 1 N–H and O–H groups in total. The van der Waals surface area contributed by atoms with E-state index in [1.54, 1.807) is 0 Å². The number of unbranched alkanes of at least 4 members (excludes halogenated alkanes) is 1. The van der Waals surface area contributed by atoms with Gasteiger partial charge in [-0.25, -0.2) is 4.79 Å². The van der Waals surface area contributed by atoms with E-state index in [1.807, 2.05) is 6.92 Å². The van der Waals surface area contributed by atoms with Gasteiger partial charge < -0.3 is 10.1 Å². The standard InChI is InChI=1S/C12H22N2O3/c1-2-3-8-17-12(16)13-9-11(15)10-14-6-4-5-7-14/h2-10H2,1H3,(H,13,16). The molecule has 1 aliphatic heterocycles. The molecule has 1 amide bonds. The minimum Gasteiger partial charge on any atom is -0.450 e. The number of ketones is 1. The first-order valence-corrected chi connectivity index (χ1v) is 6.37. The van der Waals surface area contributed by atoms with Crippen molar-refractivity contribution in [3.05, 3.63) is 0 Å². The quantitative estimate of drug-likeness (QED) is 0.681. The fourth-order valence-corrected chi connectivity index (χ4v) is 1.78. The minimum absolute atomic E-state index is 0.0411. The number of carbonyl (C=O) groups is 2. The highest BCUT2D eigenvalue weighted by Crippen LogP contribution is 2.05. The van der Waals surface area contributed by atoms with Crippen molar-refractivity contribution in [3.8, 4) is 0 Å². The van der Waals surface area contributed by atoms with Crippen LogP contribution in [-0.4, -0.2) is 49.6 Å². The molecule has 5 heteroatoms. The number of carbonyl (C=O) groups excluding carboxylic acids is 2. The Hall–Kier alpha value is -1.10. The summed E-state index contributed by atoms with van der Waals surface area (Å²) in [7, 11) is 0. The van der Waals surface area contributed by atoms with Crippen molar-refractivity contribution in [1.29, 1.82) is 0 Å². The second-order valence-corrected chi connectivity index (χ2v) is 4.36. The fourth-order valence-electron chi connectivity index (χ4n) is 1.78. The van der Waals surface area contributed by atoms with Gasteiger partial charge in [-0.15, -0.1) is 0 Å². The van der Waals surface area contributed by atoms with Crippen LogP contribution in [0.25, 0.3) is 0 Å². The Kier molecular flexibility index (Phi) is 6.62. The third-order valence-electron chi connectivity index (χ3n) is 2.76. The Bertz CT molecular complexity index is 250. The molecule has 0 aliphatic carbocycles. The van der Waals surface area contributed by atoms with Crippen LogP contribution in [0.3, 0.4) is 0 Å². The number of nitrogens with zero attached hydrogens (tertiary/aromatic N) is 1. The second kappa shape index (κ2) is 8.06. The Balaban J connectivity index is 2.04. The third kappa shape index (κ3) is 6.26. The molecule has 1 fully saturated rings. The lowest BCUT2D eigenvalue weighted by Gasteiger charge is -2.13. The minimum atomic E-state index is -0.492. The van der Waals surface area contributed by atoms with Crippen molar-refractivity contribution in [2.24, 2.45) is 0 Å². The highest BCUT2D eigenvalue weighted by atomic mass is 16.5. The number of Topliss-reactive ketones (excluding diaryl/α,β-unsaturated/α-hetero) is 1. The Labute approximate surface area is 102 Å². The molecule has 5 nitrogen and oxygen atoms in total. The molecule has 0 saturated carbocycles. The molecule has 1 rings (SSSR count). The summed E-state index contributed by atoms with van der Waals surface area (Å²) in [4.78, 5) is 24.8. The van der Waals surface area contributed by atoms with Crippen LogP contribution in [0.2, 0.25) is 0 Å². The van der Waals surface area contributed by atoms with Crippen molar-refractivity contribution in [1.82, 2.24) is 10.2 Å². The molecule has 0 aromatic carbocycles. The van der Waals surface area contributed by atoms with E-state index in [2.05, 4.69) is 10.2 Å². The van der Waals surface area contributed by atoms with Gasteiger partial charge in [0.05, 0.1) is 19.7 Å². The van der Waals surface area contributed by atoms with Crippen molar-refractivity contribution in [2.45, 2.75) is 32.6 Å². The van der Waals surface area contributed by atoms with Gasteiger partial charge in [0.15, 0.2) is 5.78 Å². The zero-order valence-corrected chi connectivity index (χ0v) is 10.5. The first-order chi connectivity index (χ1) is 8.22. The molecule has 0 radical (unpaired) electrons. The lowest BCUT2D eigenvalue weighted by atomic mass is 10.3. The van der Waals surface area contributed by atoms with Crippen LogP contribution in [0.4, 0.5) is 4.79 Å². The molecule has 0 aromatic rings. The van der Waals surface area contributed by atoms with E-state index in [0.29, 0.717) is 13.2 Å². The number of amides is 1. The van der Waals surface area contributed by atoms with Crippen LogP contribution in [-0.2, 0) is 9.53 Å². The van der Waals surface area contributed by atoms with Crippen LogP contribution in [0.15, 0.2) is 0 Å². The van der Waals surface area contributed by atoms with Gasteiger partial charge in [0, 0.05) is 0 Å². The van der Waals surface area contributed by atoms with Gasteiger partial charge in [0.1, 0.15) is 0 Å². The first kappa shape index (κ1) is 14.0. The molecular formula is C12H22N2O3. The smallest absolute Gasteiger partial charge is 0.407 e. The summed E-state index contributed by atoms with van der Waals surface area (Å²) >= 11 is 0. The number of nitrogens with one attached hydrogen (secondary N) is 1. The largest absolute Gasteiger partial charge is 0.450 e. The molecule has 1 aliphatic rings. The summed E-state index contributed by atoms with van der Waals surface area (Å²) in [6.07, 6.45) is 3.68. The number of alkyl carbamates (subject to hydrolysis) is 1. The highest BCUT2D eigenvalue weighted by Gasteiger charge is 2.15. The fraction of sp³-hybridized carbons (Fsp3) is 0.833. The second-order valence-electron chi connectivity index (χ2n) is 4.36. The van der Waals surface area contributed by atoms with Crippen molar-refractivity contribution < 1.29 is 14.3 Å². The van der Waals surface area contributed by atoms with Crippen LogP contribution < -0.4 is 5.32 Å². The Morgan fingerprint density at radius 2 is 2.00 bits per heavy atom. The molecular weight excluding hydrogens is 220 g/mol. The van der Waals surface area contributed by atoms with Gasteiger partial charge in [0.2, 0.25) is 0 Å².